The molecule has 0 aliphatic carbocycles. The first-order valence-electron chi connectivity index (χ1n) is 8.89. The van der Waals surface area contributed by atoms with Crippen molar-refractivity contribution >= 4 is 11.8 Å². The Morgan fingerprint density at radius 2 is 1.81 bits per heavy atom. The average molecular weight is 352 g/mol. The van der Waals surface area contributed by atoms with Gasteiger partial charge < -0.3 is 10.2 Å². The van der Waals surface area contributed by atoms with Crippen LogP contribution in [0.25, 0.3) is 0 Å². The Kier molecular flexibility index (Phi) is 5.96. The minimum absolute atomic E-state index is 0.0402. The van der Waals surface area contributed by atoms with Crippen LogP contribution in [0, 0.1) is 0 Å². The Bertz CT molecular complexity index is 728. The zero-order valence-electron chi connectivity index (χ0n) is 15.0. The summed E-state index contributed by atoms with van der Waals surface area (Å²) in [5, 5.41) is 2.76. The number of carbonyl (C=O) groups excluding carboxylic acids is 2. The monoisotopic (exact) mass is 352 g/mol. The van der Waals surface area contributed by atoms with Gasteiger partial charge in [-0.3, -0.25) is 19.5 Å². The molecule has 6 heteroatoms. The van der Waals surface area contributed by atoms with E-state index in [9.17, 15) is 9.59 Å². The minimum atomic E-state index is -0.552. The molecule has 0 saturated carbocycles. The van der Waals surface area contributed by atoms with Crippen LogP contribution in [0.4, 0.5) is 0 Å². The molecule has 1 aliphatic heterocycles. The van der Waals surface area contributed by atoms with Crippen molar-refractivity contribution in [3.63, 3.8) is 0 Å². The zero-order chi connectivity index (χ0) is 18.4. The van der Waals surface area contributed by atoms with E-state index in [1.165, 1.54) is 11.8 Å². The van der Waals surface area contributed by atoms with Crippen molar-refractivity contribution in [2.24, 2.45) is 0 Å². The second-order valence-corrected chi connectivity index (χ2v) is 6.52. The highest BCUT2D eigenvalue weighted by Gasteiger charge is 2.26. The van der Waals surface area contributed by atoms with Crippen molar-refractivity contribution in [1.82, 2.24) is 20.1 Å². The fourth-order valence-corrected chi connectivity index (χ4v) is 3.08. The van der Waals surface area contributed by atoms with Gasteiger partial charge in [0, 0.05) is 45.1 Å². The molecule has 1 fully saturated rings. The number of pyridine rings is 1. The summed E-state index contributed by atoms with van der Waals surface area (Å²) >= 11 is 0. The first kappa shape index (κ1) is 18.1. The van der Waals surface area contributed by atoms with Crippen LogP contribution in [0.2, 0.25) is 0 Å². The van der Waals surface area contributed by atoms with E-state index in [-0.39, 0.29) is 11.8 Å². The summed E-state index contributed by atoms with van der Waals surface area (Å²) in [6, 6.07) is 13.2. The molecule has 0 unspecified atom stereocenters. The van der Waals surface area contributed by atoms with E-state index in [0.29, 0.717) is 18.7 Å². The zero-order valence-corrected chi connectivity index (χ0v) is 15.0. The molecule has 2 amide bonds. The summed E-state index contributed by atoms with van der Waals surface area (Å²) in [6.45, 7) is 5.66. The number of amides is 2. The Hall–Kier alpha value is -2.73. The quantitative estimate of drug-likeness (QED) is 0.887. The van der Waals surface area contributed by atoms with E-state index in [1.54, 1.807) is 25.3 Å². The Morgan fingerprint density at radius 1 is 1.08 bits per heavy atom. The number of hydrogen-bond acceptors (Lipinski definition) is 4. The predicted molar refractivity (Wildman–Crippen MR) is 99.5 cm³/mol. The van der Waals surface area contributed by atoms with Crippen LogP contribution in [0.1, 0.15) is 22.8 Å². The average Bonchev–Trinajstić information content (AvgIpc) is 2.69. The summed E-state index contributed by atoms with van der Waals surface area (Å²) in [4.78, 5) is 32.9. The van der Waals surface area contributed by atoms with Crippen molar-refractivity contribution in [2.75, 3.05) is 26.2 Å². The van der Waals surface area contributed by atoms with E-state index >= 15 is 0 Å². The highest BCUT2D eigenvalue weighted by molar-refractivity contribution is 5.97. The summed E-state index contributed by atoms with van der Waals surface area (Å²) in [6.07, 6.45) is 3.11. The van der Waals surface area contributed by atoms with E-state index in [1.807, 2.05) is 23.1 Å². The number of nitrogens with zero attached hydrogens (tertiary/aromatic N) is 3. The normalized spacial score (nSPS) is 16.1. The lowest BCUT2D eigenvalue weighted by Gasteiger charge is -2.36. The van der Waals surface area contributed by atoms with Gasteiger partial charge in [-0.05, 0) is 24.6 Å². The highest BCUT2D eigenvalue weighted by atomic mass is 16.2. The second-order valence-electron chi connectivity index (χ2n) is 6.52. The van der Waals surface area contributed by atoms with Crippen LogP contribution in [0.15, 0.2) is 54.9 Å². The molecule has 1 aliphatic rings. The maximum Gasteiger partial charge on any atom is 0.253 e. The lowest BCUT2D eigenvalue weighted by atomic mass is 10.2. The first-order chi connectivity index (χ1) is 12.6. The molecule has 2 aromatic rings. The molecule has 26 heavy (non-hydrogen) atoms. The van der Waals surface area contributed by atoms with Gasteiger partial charge in [0.1, 0.15) is 6.04 Å². The van der Waals surface area contributed by atoms with Gasteiger partial charge in [-0.2, -0.15) is 0 Å². The second kappa shape index (κ2) is 8.58. The highest BCUT2D eigenvalue weighted by Crippen LogP contribution is 2.09. The SMILES string of the molecule is C[C@H](NC(=O)c1cccnc1)C(=O)N1CCN(Cc2ccccc2)CC1. The molecule has 1 N–H and O–H groups in total. The van der Waals surface area contributed by atoms with Crippen molar-refractivity contribution in [3.8, 4) is 0 Å². The van der Waals surface area contributed by atoms with Crippen LogP contribution in [-0.2, 0) is 11.3 Å². The molecule has 1 atom stereocenters. The molecular formula is C20H24N4O2. The number of rotatable bonds is 5. The summed E-state index contributed by atoms with van der Waals surface area (Å²) in [5.41, 5.74) is 1.74. The standard InChI is InChI=1S/C20H24N4O2/c1-16(22-19(25)18-8-5-9-21-14-18)20(26)24-12-10-23(11-13-24)15-17-6-3-2-4-7-17/h2-9,14,16H,10-13,15H2,1H3,(H,22,25)/t16-/m0/s1. The van der Waals surface area contributed by atoms with Crippen LogP contribution < -0.4 is 5.32 Å². The maximum absolute atomic E-state index is 12.6. The lowest BCUT2D eigenvalue weighted by Crippen LogP contribution is -2.53. The topological polar surface area (TPSA) is 65.5 Å². The molecule has 0 spiro atoms. The molecule has 3 rings (SSSR count). The molecule has 1 saturated heterocycles. The first-order valence-corrected chi connectivity index (χ1v) is 8.89. The predicted octanol–water partition coefficient (Wildman–Crippen LogP) is 1.54. The molecule has 1 aromatic heterocycles. The fourth-order valence-electron chi connectivity index (χ4n) is 3.08. The Balaban J connectivity index is 1.47. The molecule has 0 bridgehead atoms. The van der Waals surface area contributed by atoms with Crippen molar-refractivity contribution in [3.05, 3.63) is 66.0 Å². The third kappa shape index (κ3) is 4.67. The van der Waals surface area contributed by atoms with Crippen molar-refractivity contribution in [1.29, 1.82) is 0 Å². The molecular weight excluding hydrogens is 328 g/mol. The number of piperazine rings is 1. The van der Waals surface area contributed by atoms with Gasteiger partial charge in [0.15, 0.2) is 0 Å². The summed E-state index contributed by atoms with van der Waals surface area (Å²) < 4.78 is 0. The third-order valence-corrected chi connectivity index (χ3v) is 4.57. The molecule has 136 valence electrons. The van der Waals surface area contributed by atoms with E-state index < -0.39 is 6.04 Å². The minimum Gasteiger partial charge on any atom is -0.340 e. The van der Waals surface area contributed by atoms with Crippen LogP contribution in [-0.4, -0.2) is 58.8 Å². The molecule has 2 heterocycles. The van der Waals surface area contributed by atoms with E-state index in [0.717, 1.165) is 19.6 Å². The summed E-state index contributed by atoms with van der Waals surface area (Å²) in [5.74, 6) is -0.316. The Labute approximate surface area is 153 Å². The third-order valence-electron chi connectivity index (χ3n) is 4.57. The Morgan fingerprint density at radius 3 is 2.46 bits per heavy atom. The van der Waals surface area contributed by atoms with E-state index in [4.69, 9.17) is 0 Å². The fraction of sp³-hybridized carbons (Fsp3) is 0.350. The molecule has 0 radical (unpaired) electrons. The van der Waals surface area contributed by atoms with Crippen molar-refractivity contribution < 1.29 is 9.59 Å². The van der Waals surface area contributed by atoms with E-state index in [2.05, 4.69) is 27.3 Å². The number of nitrogens with one attached hydrogen (secondary N) is 1. The van der Waals surface area contributed by atoms with Gasteiger partial charge in [-0.25, -0.2) is 0 Å². The molecule has 1 aromatic carbocycles. The van der Waals surface area contributed by atoms with Gasteiger partial charge in [0.05, 0.1) is 5.56 Å². The van der Waals surface area contributed by atoms with Gasteiger partial charge in [-0.1, -0.05) is 30.3 Å². The number of hydrogen-bond donors (Lipinski definition) is 1. The van der Waals surface area contributed by atoms with Crippen LogP contribution >= 0.6 is 0 Å². The van der Waals surface area contributed by atoms with Gasteiger partial charge >= 0.3 is 0 Å². The maximum atomic E-state index is 12.6. The van der Waals surface area contributed by atoms with Gasteiger partial charge in [0.2, 0.25) is 5.91 Å². The number of carbonyl (C=O) groups is 2. The van der Waals surface area contributed by atoms with Crippen LogP contribution in [0.5, 0.6) is 0 Å². The number of benzene rings is 1. The summed E-state index contributed by atoms with van der Waals surface area (Å²) in [7, 11) is 0. The van der Waals surface area contributed by atoms with Crippen LogP contribution in [0.3, 0.4) is 0 Å². The molecule has 6 nitrogen and oxygen atoms in total. The largest absolute Gasteiger partial charge is 0.340 e. The van der Waals surface area contributed by atoms with Gasteiger partial charge in [-0.15, -0.1) is 0 Å². The lowest BCUT2D eigenvalue weighted by molar-refractivity contribution is -0.134. The van der Waals surface area contributed by atoms with Crippen molar-refractivity contribution in [2.45, 2.75) is 19.5 Å². The van der Waals surface area contributed by atoms with Gasteiger partial charge in [0.25, 0.3) is 5.91 Å². The smallest absolute Gasteiger partial charge is 0.253 e. The number of aromatic nitrogens is 1.